The maximum Gasteiger partial charge on any atom is 0.315 e. The molecule has 0 saturated carbocycles. The standard InChI is InChI=1S/C16H20N4O2/c1-10-6-12(3)20-15(21)14(10)9-19-16(22)18-8-13-5-4-11(2)17-7-13/h4-7H,8-9H2,1-3H3,(H,20,21)(H2,18,19,22). The van der Waals surface area contributed by atoms with Crippen LogP contribution < -0.4 is 16.2 Å². The van der Waals surface area contributed by atoms with Gasteiger partial charge < -0.3 is 15.6 Å². The molecule has 0 unspecified atom stereocenters. The summed E-state index contributed by atoms with van der Waals surface area (Å²) < 4.78 is 0. The molecule has 0 aliphatic heterocycles. The Balaban J connectivity index is 1.88. The molecule has 116 valence electrons. The van der Waals surface area contributed by atoms with Crippen LogP contribution in [0.25, 0.3) is 0 Å². The van der Waals surface area contributed by atoms with E-state index in [1.165, 1.54) is 0 Å². The van der Waals surface area contributed by atoms with Gasteiger partial charge in [0.05, 0.1) is 6.54 Å². The molecule has 22 heavy (non-hydrogen) atoms. The number of aryl methyl sites for hydroxylation is 3. The fourth-order valence-corrected chi connectivity index (χ4v) is 2.12. The molecule has 0 radical (unpaired) electrons. The number of nitrogens with one attached hydrogen (secondary N) is 3. The van der Waals surface area contributed by atoms with E-state index in [4.69, 9.17) is 0 Å². The number of H-pyrrole nitrogens is 1. The molecule has 6 nitrogen and oxygen atoms in total. The van der Waals surface area contributed by atoms with Gasteiger partial charge in [0.2, 0.25) is 0 Å². The Morgan fingerprint density at radius 2 is 1.91 bits per heavy atom. The van der Waals surface area contributed by atoms with Crippen molar-refractivity contribution >= 4 is 6.03 Å². The van der Waals surface area contributed by atoms with E-state index in [-0.39, 0.29) is 18.1 Å². The van der Waals surface area contributed by atoms with Crippen LogP contribution in [-0.2, 0) is 13.1 Å². The predicted octanol–water partition coefficient (Wildman–Crippen LogP) is 1.69. The minimum Gasteiger partial charge on any atom is -0.334 e. The van der Waals surface area contributed by atoms with Gasteiger partial charge in [0.1, 0.15) is 0 Å². The lowest BCUT2D eigenvalue weighted by molar-refractivity contribution is 0.240. The van der Waals surface area contributed by atoms with Gasteiger partial charge in [0.15, 0.2) is 0 Å². The third-order valence-corrected chi connectivity index (χ3v) is 3.35. The fraction of sp³-hybridized carbons (Fsp3) is 0.312. The van der Waals surface area contributed by atoms with Crippen molar-refractivity contribution in [1.82, 2.24) is 20.6 Å². The number of urea groups is 1. The zero-order chi connectivity index (χ0) is 16.1. The molecule has 2 aromatic rings. The van der Waals surface area contributed by atoms with Crippen molar-refractivity contribution in [2.75, 3.05) is 0 Å². The molecule has 0 aliphatic carbocycles. The van der Waals surface area contributed by atoms with Crippen LogP contribution in [0.3, 0.4) is 0 Å². The second-order valence-corrected chi connectivity index (χ2v) is 5.29. The summed E-state index contributed by atoms with van der Waals surface area (Å²) >= 11 is 0. The zero-order valence-corrected chi connectivity index (χ0v) is 13.0. The lowest BCUT2D eigenvalue weighted by atomic mass is 10.1. The minimum atomic E-state index is -0.319. The van der Waals surface area contributed by atoms with Crippen LogP contribution in [0, 0.1) is 20.8 Å². The van der Waals surface area contributed by atoms with Crippen molar-refractivity contribution in [2.45, 2.75) is 33.9 Å². The number of hydrogen-bond acceptors (Lipinski definition) is 3. The van der Waals surface area contributed by atoms with Crippen molar-refractivity contribution in [3.8, 4) is 0 Å². The smallest absolute Gasteiger partial charge is 0.315 e. The summed E-state index contributed by atoms with van der Waals surface area (Å²) in [6.07, 6.45) is 1.73. The molecule has 0 aliphatic rings. The number of aromatic amines is 1. The predicted molar refractivity (Wildman–Crippen MR) is 84.6 cm³/mol. The van der Waals surface area contributed by atoms with Crippen LogP contribution >= 0.6 is 0 Å². The van der Waals surface area contributed by atoms with Crippen molar-refractivity contribution in [3.05, 3.63) is 62.8 Å². The molecule has 2 rings (SSSR count). The summed E-state index contributed by atoms with van der Waals surface area (Å²) in [5.41, 5.74) is 3.93. The fourth-order valence-electron chi connectivity index (χ4n) is 2.12. The van der Waals surface area contributed by atoms with Gasteiger partial charge >= 0.3 is 6.03 Å². The average molecular weight is 300 g/mol. The highest BCUT2D eigenvalue weighted by Crippen LogP contribution is 2.03. The Bertz CT molecular complexity index is 720. The summed E-state index contributed by atoms with van der Waals surface area (Å²) in [5.74, 6) is 0. The summed E-state index contributed by atoms with van der Waals surface area (Å²) in [6, 6.07) is 5.37. The molecular formula is C16H20N4O2. The van der Waals surface area contributed by atoms with E-state index in [2.05, 4.69) is 20.6 Å². The second kappa shape index (κ2) is 6.89. The Morgan fingerprint density at radius 1 is 1.18 bits per heavy atom. The lowest BCUT2D eigenvalue weighted by Crippen LogP contribution is -2.36. The molecule has 6 heteroatoms. The first kappa shape index (κ1) is 15.8. The van der Waals surface area contributed by atoms with Gasteiger partial charge in [-0.1, -0.05) is 6.07 Å². The molecule has 0 aromatic carbocycles. The van der Waals surface area contributed by atoms with E-state index < -0.39 is 0 Å². The molecule has 0 fully saturated rings. The highest BCUT2D eigenvalue weighted by atomic mass is 16.2. The molecule has 0 saturated heterocycles. The number of nitrogens with zero attached hydrogens (tertiary/aromatic N) is 1. The molecule has 0 atom stereocenters. The van der Waals surface area contributed by atoms with Crippen LogP contribution in [-0.4, -0.2) is 16.0 Å². The molecule has 0 spiro atoms. The summed E-state index contributed by atoms with van der Waals surface area (Å²) in [7, 11) is 0. The summed E-state index contributed by atoms with van der Waals surface area (Å²) in [5, 5.41) is 5.43. The SMILES string of the molecule is Cc1ccc(CNC(=O)NCc2c(C)cc(C)[nH]c2=O)cn1. The normalized spacial score (nSPS) is 10.3. The first-order valence-electron chi connectivity index (χ1n) is 7.08. The van der Waals surface area contributed by atoms with Gasteiger partial charge in [-0.25, -0.2) is 4.79 Å². The van der Waals surface area contributed by atoms with Crippen molar-refractivity contribution in [1.29, 1.82) is 0 Å². The average Bonchev–Trinajstić information content (AvgIpc) is 2.45. The molecule has 2 amide bonds. The molecule has 2 aromatic heterocycles. The van der Waals surface area contributed by atoms with E-state index in [1.807, 2.05) is 39.0 Å². The molecular weight excluding hydrogens is 280 g/mol. The Hall–Kier alpha value is -2.63. The van der Waals surface area contributed by atoms with Crippen LogP contribution in [0.4, 0.5) is 4.79 Å². The van der Waals surface area contributed by atoms with Gasteiger partial charge in [-0.2, -0.15) is 0 Å². The number of hydrogen-bond donors (Lipinski definition) is 3. The topological polar surface area (TPSA) is 86.9 Å². The number of carbonyl (C=O) groups is 1. The first-order valence-corrected chi connectivity index (χ1v) is 7.08. The van der Waals surface area contributed by atoms with Gasteiger partial charge in [-0.05, 0) is 44.0 Å². The lowest BCUT2D eigenvalue weighted by Gasteiger charge is -2.09. The van der Waals surface area contributed by atoms with E-state index in [9.17, 15) is 9.59 Å². The number of aromatic nitrogens is 2. The number of amides is 2. The number of carbonyl (C=O) groups excluding carboxylic acids is 1. The largest absolute Gasteiger partial charge is 0.334 e. The van der Waals surface area contributed by atoms with Gasteiger partial charge in [0.25, 0.3) is 5.56 Å². The van der Waals surface area contributed by atoms with Crippen LogP contribution in [0.15, 0.2) is 29.2 Å². The summed E-state index contributed by atoms with van der Waals surface area (Å²) in [4.78, 5) is 30.5. The Labute approximate surface area is 129 Å². The first-order chi connectivity index (χ1) is 10.5. The third-order valence-electron chi connectivity index (χ3n) is 3.35. The monoisotopic (exact) mass is 300 g/mol. The Kier molecular flexibility index (Phi) is 4.93. The van der Waals surface area contributed by atoms with E-state index in [0.29, 0.717) is 12.1 Å². The Morgan fingerprint density at radius 3 is 2.55 bits per heavy atom. The highest BCUT2D eigenvalue weighted by Gasteiger charge is 2.07. The van der Waals surface area contributed by atoms with Gasteiger partial charge in [-0.15, -0.1) is 0 Å². The quantitative estimate of drug-likeness (QED) is 0.803. The van der Waals surface area contributed by atoms with Crippen LogP contribution in [0.5, 0.6) is 0 Å². The van der Waals surface area contributed by atoms with E-state index in [1.54, 1.807) is 6.20 Å². The summed E-state index contributed by atoms with van der Waals surface area (Å²) in [6.45, 7) is 6.18. The zero-order valence-electron chi connectivity index (χ0n) is 13.0. The molecule has 2 heterocycles. The minimum absolute atomic E-state index is 0.166. The van der Waals surface area contributed by atoms with Crippen molar-refractivity contribution in [3.63, 3.8) is 0 Å². The number of rotatable bonds is 4. The van der Waals surface area contributed by atoms with Gasteiger partial charge in [0, 0.05) is 29.7 Å². The van der Waals surface area contributed by atoms with E-state index >= 15 is 0 Å². The maximum absolute atomic E-state index is 11.8. The van der Waals surface area contributed by atoms with Gasteiger partial charge in [-0.3, -0.25) is 9.78 Å². The highest BCUT2D eigenvalue weighted by molar-refractivity contribution is 5.73. The second-order valence-electron chi connectivity index (χ2n) is 5.29. The third kappa shape index (κ3) is 4.18. The van der Waals surface area contributed by atoms with Crippen LogP contribution in [0.2, 0.25) is 0 Å². The van der Waals surface area contributed by atoms with E-state index in [0.717, 1.165) is 22.5 Å². The molecule has 0 bridgehead atoms. The van der Waals surface area contributed by atoms with Crippen LogP contribution in [0.1, 0.15) is 28.1 Å². The van der Waals surface area contributed by atoms with Crippen molar-refractivity contribution < 1.29 is 4.79 Å². The maximum atomic E-state index is 11.8. The molecule has 3 N–H and O–H groups in total. The van der Waals surface area contributed by atoms with Crippen molar-refractivity contribution in [2.24, 2.45) is 0 Å². The number of pyridine rings is 2.